The lowest BCUT2D eigenvalue weighted by atomic mass is 10.2. The van der Waals surface area contributed by atoms with Crippen molar-refractivity contribution in [2.24, 2.45) is 0 Å². The van der Waals surface area contributed by atoms with Gasteiger partial charge in [0.2, 0.25) is 0 Å². The van der Waals surface area contributed by atoms with E-state index in [4.69, 9.17) is 9.15 Å². The van der Waals surface area contributed by atoms with Gasteiger partial charge in [-0.25, -0.2) is 8.78 Å². The summed E-state index contributed by atoms with van der Waals surface area (Å²) in [6.45, 7) is 2.15. The molecule has 6 heteroatoms. The Morgan fingerprint density at radius 1 is 1.04 bits per heavy atom. The van der Waals surface area contributed by atoms with Crippen molar-refractivity contribution in [2.75, 3.05) is 5.32 Å². The van der Waals surface area contributed by atoms with Gasteiger partial charge in [0.15, 0.2) is 17.4 Å². The number of ether oxygens (including phenoxy) is 1. The van der Waals surface area contributed by atoms with Gasteiger partial charge in [-0.3, -0.25) is 4.79 Å². The lowest BCUT2D eigenvalue weighted by Gasteiger charge is -2.05. The van der Waals surface area contributed by atoms with Gasteiger partial charge in [0.1, 0.15) is 18.1 Å². The fraction of sp³-hybridized carbons (Fsp3) is 0.105. The number of hydrogen-bond donors (Lipinski definition) is 1. The zero-order chi connectivity index (χ0) is 17.8. The Kier molecular flexibility index (Phi) is 4.79. The first-order valence-electron chi connectivity index (χ1n) is 7.56. The Morgan fingerprint density at radius 3 is 2.52 bits per heavy atom. The molecular formula is C19H15F2NO3. The molecule has 0 radical (unpaired) electrons. The Balaban J connectivity index is 1.61. The fourth-order valence-electron chi connectivity index (χ4n) is 2.13. The van der Waals surface area contributed by atoms with E-state index in [0.29, 0.717) is 11.5 Å². The number of halogens is 2. The number of furan rings is 1. The van der Waals surface area contributed by atoms with Gasteiger partial charge >= 0.3 is 0 Å². The molecule has 0 aliphatic heterocycles. The lowest BCUT2D eigenvalue weighted by Crippen LogP contribution is -2.11. The largest absolute Gasteiger partial charge is 0.486 e. The maximum absolute atomic E-state index is 13.2. The van der Waals surface area contributed by atoms with Crippen molar-refractivity contribution >= 4 is 11.6 Å². The third kappa shape index (κ3) is 4.23. The van der Waals surface area contributed by atoms with E-state index in [9.17, 15) is 13.6 Å². The first kappa shape index (κ1) is 16.7. The average molecular weight is 343 g/mol. The van der Waals surface area contributed by atoms with Crippen LogP contribution >= 0.6 is 0 Å². The second-order valence-electron chi connectivity index (χ2n) is 5.45. The smallest absolute Gasteiger partial charge is 0.291 e. The zero-order valence-electron chi connectivity index (χ0n) is 13.4. The molecule has 3 aromatic rings. The van der Waals surface area contributed by atoms with Crippen LogP contribution in [0.5, 0.6) is 5.75 Å². The van der Waals surface area contributed by atoms with Crippen LogP contribution in [0.1, 0.15) is 21.9 Å². The van der Waals surface area contributed by atoms with Gasteiger partial charge in [0.05, 0.1) is 0 Å². The summed E-state index contributed by atoms with van der Waals surface area (Å²) >= 11 is 0. The predicted octanol–water partition coefficient (Wildman–Crippen LogP) is 4.70. The molecule has 1 N–H and O–H groups in total. The van der Waals surface area contributed by atoms with Crippen molar-refractivity contribution in [3.8, 4) is 5.75 Å². The highest BCUT2D eigenvalue weighted by molar-refractivity contribution is 6.02. The number of amides is 1. The Bertz CT molecular complexity index is 888. The fourth-order valence-corrected chi connectivity index (χ4v) is 2.13. The molecule has 0 unspecified atom stereocenters. The Labute approximate surface area is 143 Å². The van der Waals surface area contributed by atoms with E-state index in [1.54, 1.807) is 6.07 Å². The van der Waals surface area contributed by atoms with Crippen LogP contribution in [-0.2, 0) is 6.61 Å². The van der Waals surface area contributed by atoms with Crippen molar-refractivity contribution in [2.45, 2.75) is 13.5 Å². The van der Waals surface area contributed by atoms with Crippen molar-refractivity contribution in [3.05, 3.63) is 83.3 Å². The maximum Gasteiger partial charge on any atom is 0.291 e. The van der Waals surface area contributed by atoms with Gasteiger partial charge in [-0.2, -0.15) is 0 Å². The minimum Gasteiger partial charge on any atom is -0.486 e. The van der Waals surface area contributed by atoms with Crippen LogP contribution in [0.15, 0.2) is 59.0 Å². The minimum atomic E-state index is -1.04. The summed E-state index contributed by atoms with van der Waals surface area (Å²) in [6, 6.07) is 13.8. The van der Waals surface area contributed by atoms with Crippen LogP contribution in [0.4, 0.5) is 14.5 Å². The molecule has 1 amide bonds. The zero-order valence-corrected chi connectivity index (χ0v) is 13.4. The molecule has 25 heavy (non-hydrogen) atoms. The SMILES string of the molecule is Cc1ccc(OCc2ccc(C(=O)Nc3ccc(F)c(F)c3)o2)cc1. The van der Waals surface area contributed by atoms with Gasteiger partial charge in [0, 0.05) is 11.8 Å². The molecule has 1 heterocycles. The second kappa shape index (κ2) is 7.17. The highest BCUT2D eigenvalue weighted by atomic mass is 19.2. The summed E-state index contributed by atoms with van der Waals surface area (Å²) < 4.78 is 37.0. The summed E-state index contributed by atoms with van der Waals surface area (Å²) in [5.41, 5.74) is 1.26. The Hall–Kier alpha value is -3.15. The number of carbonyl (C=O) groups excluding carboxylic acids is 1. The van der Waals surface area contributed by atoms with Crippen LogP contribution < -0.4 is 10.1 Å². The van der Waals surface area contributed by atoms with Crippen molar-refractivity contribution in [1.82, 2.24) is 0 Å². The molecule has 128 valence electrons. The summed E-state index contributed by atoms with van der Waals surface area (Å²) in [4.78, 5) is 12.1. The van der Waals surface area contributed by atoms with Gasteiger partial charge in [-0.15, -0.1) is 0 Å². The maximum atomic E-state index is 13.2. The Morgan fingerprint density at radius 2 is 1.80 bits per heavy atom. The number of aryl methyl sites for hydroxylation is 1. The van der Waals surface area contributed by atoms with Crippen molar-refractivity contribution in [1.29, 1.82) is 0 Å². The molecule has 0 aliphatic carbocycles. The number of hydrogen-bond acceptors (Lipinski definition) is 3. The molecule has 1 aromatic heterocycles. The van der Waals surface area contributed by atoms with Crippen LogP contribution in [0.3, 0.4) is 0 Å². The van der Waals surface area contributed by atoms with Crippen molar-refractivity contribution in [3.63, 3.8) is 0 Å². The van der Waals surface area contributed by atoms with E-state index in [2.05, 4.69) is 5.32 Å². The van der Waals surface area contributed by atoms with E-state index in [0.717, 1.165) is 17.7 Å². The molecule has 3 rings (SSSR count). The molecule has 0 atom stereocenters. The second-order valence-corrected chi connectivity index (χ2v) is 5.45. The molecule has 0 saturated heterocycles. The van der Waals surface area contributed by atoms with E-state index < -0.39 is 17.5 Å². The molecule has 0 fully saturated rings. The highest BCUT2D eigenvalue weighted by Crippen LogP contribution is 2.17. The van der Waals surface area contributed by atoms with Gasteiger partial charge in [-0.1, -0.05) is 17.7 Å². The number of nitrogens with one attached hydrogen (secondary N) is 1. The summed E-state index contributed by atoms with van der Waals surface area (Å²) in [5, 5.41) is 2.44. The quantitative estimate of drug-likeness (QED) is 0.731. The van der Waals surface area contributed by atoms with E-state index in [1.165, 1.54) is 12.1 Å². The molecule has 0 bridgehead atoms. The summed E-state index contributed by atoms with van der Waals surface area (Å²) in [5.74, 6) is -1.37. The highest BCUT2D eigenvalue weighted by Gasteiger charge is 2.13. The summed E-state index contributed by atoms with van der Waals surface area (Å²) in [7, 11) is 0. The van der Waals surface area contributed by atoms with Crippen LogP contribution in [-0.4, -0.2) is 5.91 Å². The minimum absolute atomic E-state index is 0.0484. The third-order valence-electron chi connectivity index (χ3n) is 3.46. The van der Waals surface area contributed by atoms with Crippen molar-refractivity contribution < 1.29 is 22.7 Å². The topological polar surface area (TPSA) is 51.5 Å². The van der Waals surface area contributed by atoms with E-state index in [1.807, 2.05) is 31.2 Å². The molecule has 4 nitrogen and oxygen atoms in total. The number of benzene rings is 2. The monoisotopic (exact) mass is 343 g/mol. The van der Waals surface area contributed by atoms with Crippen LogP contribution in [0, 0.1) is 18.6 Å². The molecule has 0 spiro atoms. The number of rotatable bonds is 5. The average Bonchev–Trinajstić information content (AvgIpc) is 3.07. The van der Waals surface area contributed by atoms with Gasteiger partial charge in [-0.05, 0) is 43.3 Å². The first-order chi connectivity index (χ1) is 12.0. The van der Waals surface area contributed by atoms with Crippen LogP contribution in [0.2, 0.25) is 0 Å². The standard InChI is InChI=1S/C19H15F2NO3/c1-12-2-5-14(6-3-12)24-11-15-7-9-18(25-15)19(23)22-13-4-8-16(20)17(21)10-13/h2-10H,11H2,1H3,(H,22,23). The first-order valence-corrected chi connectivity index (χ1v) is 7.56. The van der Waals surface area contributed by atoms with Gasteiger partial charge < -0.3 is 14.5 Å². The van der Waals surface area contributed by atoms with E-state index >= 15 is 0 Å². The molecule has 0 saturated carbocycles. The number of carbonyl (C=O) groups is 1. The predicted molar refractivity (Wildman–Crippen MR) is 88.5 cm³/mol. The third-order valence-corrected chi connectivity index (χ3v) is 3.46. The molecule has 2 aromatic carbocycles. The molecular weight excluding hydrogens is 328 g/mol. The van der Waals surface area contributed by atoms with Gasteiger partial charge in [0.25, 0.3) is 5.91 Å². The molecule has 0 aliphatic rings. The van der Waals surface area contributed by atoms with E-state index in [-0.39, 0.29) is 18.1 Å². The number of anilines is 1. The van der Waals surface area contributed by atoms with Crippen LogP contribution in [0.25, 0.3) is 0 Å². The lowest BCUT2D eigenvalue weighted by molar-refractivity contribution is 0.0992. The normalized spacial score (nSPS) is 10.5. The summed E-state index contributed by atoms with van der Waals surface area (Å²) in [6.07, 6.45) is 0.